The summed E-state index contributed by atoms with van der Waals surface area (Å²) in [5.41, 5.74) is 0.918. The van der Waals surface area contributed by atoms with E-state index in [1.165, 1.54) is 0 Å². The number of morpholine rings is 1. The second-order valence-electron chi connectivity index (χ2n) is 5.16. The molecule has 0 spiro atoms. The molecule has 0 N–H and O–H groups in total. The highest BCUT2D eigenvalue weighted by Crippen LogP contribution is 2.20. The van der Waals surface area contributed by atoms with E-state index in [1.54, 1.807) is 7.11 Å². The molecule has 2 aromatic rings. The molecule has 21 heavy (non-hydrogen) atoms. The minimum Gasteiger partial charge on any atom is -0.497 e. The topological polar surface area (TPSA) is 60.6 Å². The monoisotopic (exact) mass is 289 g/mol. The van der Waals surface area contributed by atoms with Crippen LogP contribution in [0.5, 0.6) is 5.75 Å². The molecule has 3 rings (SSSR count). The van der Waals surface area contributed by atoms with Crippen molar-refractivity contribution >= 4 is 0 Å². The molecule has 0 amide bonds. The molecular weight excluding hydrogens is 270 g/mol. The Kier molecular flexibility index (Phi) is 4.17. The molecule has 0 bridgehead atoms. The number of nitrogens with zero attached hydrogens (tertiary/aromatic N) is 3. The highest BCUT2D eigenvalue weighted by atomic mass is 16.5. The fourth-order valence-electron chi connectivity index (χ4n) is 2.40. The van der Waals surface area contributed by atoms with E-state index in [0.29, 0.717) is 18.3 Å². The third-order valence-electron chi connectivity index (χ3n) is 3.50. The molecule has 1 aliphatic rings. The number of aromatic nitrogens is 2. The van der Waals surface area contributed by atoms with Gasteiger partial charge in [0.2, 0.25) is 11.7 Å². The molecule has 1 aromatic carbocycles. The zero-order valence-corrected chi connectivity index (χ0v) is 12.3. The summed E-state index contributed by atoms with van der Waals surface area (Å²) in [6, 6.07) is 7.61. The molecule has 0 saturated carbocycles. The minimum atomic E-state index is 0.253. The average Bonchev–Trinajstić information content (AvgIpc) is 2.96. The van der Waals surface area contributed by atoms with Crippen molar-refractivity contribution in [2.75, 3.05) is 26.8 Å². The van der Waals surface area contributed by atoms with Crippen LogP contribution in [0.1, 0.15) is 12.8 Å². The van der Waals surface area contributed by atoms with E-state index < -0.39 is 0 Å². The lowest BCUT2D eigenvalue weighted by Gasteiger charge is -2.29. The summed E-state index contributed by atoms with van der Waals surface area (Å²) in [5.74, 6) is 2.05. The second-order valence-corrected chi connectivity index (χ2v) is 5.16. The molecule has 0 radical (unpaired) electrons. The fraction of sp³-hybridized carbons (Fsp3) is 0.467. The fourth-order valence-corrected chi connectivity index (χ4v) is 2.40. The Morgan fingerprint density at radius 1 is 1.33 bits per heavy atom. The highest BCUT2D eigenvalue weighted by Gasteiger charge is 2.19. The summed E-state index contributed by atoms with van der Waals surface area (Å²) in [6.45, 7) is 5.27. The average molecular weight is 289 g/mol. The number of hydrogen-bond donors (Lipinski definition) is 0. The van der Waals surface area contributed by atoms with Gasteiger partial charge in [-0.15, -0.1) is 0 Å². The number of ether oxygens (including phenoxy) is 2. The summed E-state index contributed by atoms with van der Waals surface area (Å²) in [6.07, 6.45) is 0.253. The molecule has 1 aromatic heterocycles. The highest BCUT2D eigenvalue weighted by molar-refractivity contribution is 5.55. The zero-order valence-electron chi connectivity index (χ0n) is 12.3. The maximum absolute atomic E-state index is 5.52. The Morgan fingerprint density at radius 2 is 2.14 bits per heavy atom. The van der Waals surface area contributed by atoms with Crippen molar-refractivity contribution in [3.05, 3.63) is 30.2 Å². The van der Waals surface area contributed by atoms with Crippen LogP contribution in [0, 0.1) is 0 Å². The van der Waals surface area contributed by atoms with Gasteiger partial charge in [0.1, 0.15) is 5.75 Å². The van der Waals surface area contributed by atoms with Crippen molar-refractivity contribution in [2.24, 2.45) is 0 Å². The van der Waals surface area contributed by atoms with Crippen molar-refractivity contribution in [3.63, 3.8) is 0 Å². The van der Waals surface area contributed by atoms with Crippen LogP contribution in [0.15, 0.2) is 28.8 Å². The van der Waals surface area contributed by atoms with Gasteiger partial charge < -0.3 is 14.0 Å². The van der Waals surface area contributed by atoms with Gasteiger partial charge in [0.15, 0.2) is 0 Å². The molecule has 112 valence electrons. The van der Waals surface area contributed by atoms with Crippen molar-refractivity contribution in [3.8, 4) is 17.1 Å². The normalized spacial score (nSPS) is 19.6. The van der Waals surface area contributed by atoms with Gasteiger partial charge in [-0.1, -0.05) is 5.16 Å². The van der Waals surface area contributed by atoms with Crippen LogP contribution in [0.4, 0.5) is 0 Å². The van der Waals surface area contributed by atoms with Crippen LogP contribution in [-0.4, -0.2) is 48.0 Å². The molecule has 1 fully saturated rings. The molecule has 0 unspecified atom stereocenters. The van der Waals surface area contributed by atoms with Crippen molar-refractivity contribution in [2.45, 2.75) is 19.6 Å². The van der Waals surface area contributed by atoms with E-state index in [4.69, 9.17) is 14.0 Å². The van der Waals surface area contributed by atoms with Crippen molar-refractivity contribution in [1.82, 2.24) is 15.0 Å². The largest absolute Gasteiger partial charge is 0.497 e. The molecule has 6 nitrogen and oxygen atoms in total. The van der Waals surface area contributed by atoms with Crippen LogP contribution in [0.2, 0.25) is 0 Å². The van der Waals surface area contributed by atoms with E-state index in [1.807, 2.05) is 24.3 Å². The number of rotatable bonds is 4. The Morgan fingerprint density at radius 3 is 2.86 bits per heavy atom. The standard InChI is InChI=1S/C15H19N3O3/c1-11-9-18(7-8-20-11)10-14-16-15(17-21-14)12-3-5-13(19-2)6-4-12/h3-6,11H,7-10H2,1-2H3/t11-/m0/s1. The van der Waals surface area contributed by atoms with Gasteiger partial charge in [-0.05, 0) is 31.2 Å². The molecule has 0 aliphatic carbocycles. The van der Waals surface area contributed by atoms with E-state index in [-0.39, 0.29) is 6.10 Å². The molecule has 6 heteroatoms. The minimum absolute atomic E-state index is 0.253. The lowest BCUT2D eigenvalue weighted by atomic mass is 10.2. The van der Waals surface area contributed by atoms with Gasteiger partial charge in [-0.3, -0.25) is 4.90 Å². The summed E-state index contributed by atoms with van der Waals surface area (Å²) >= 11 is 0. The molecular formula is C15H19N3O3. The van der Waals surface area contributed by atoms with Gasteiger partial charge in [-0.2, -0.15) is 4.98 Å². The first kappa shape index (κ1) is 14.0. The number of methoxy groups -OCH3 is 1. The molecule has 2 heterocycles. The Bertz CT molecular complexity index is 582. The zero-order chi connectivity index (χ0) is 14.7. The van der Waals surface area contributed by atoms with Gasteiger partial charge >= 0.3 is 0 Å². The van der Waals surface area contributed by atoms with E-state index >= 15 is 0 Å². The third kappa shape index (κ3) is 3.40. The Labute approximate surface area is 123 Å². The lowest BCUT2D eigenvalue weighted by Crippen LogP contribution is -2.40. The third-order valence-corrected chi connectivity index (χ3v) is 3.50. The first-order valence-corrected chi connectivity index (χ1v) is 7.05. The molecule has 1 saturated heterocycles. The predicted molar refractivity (Wildman–Crippen MR) is 77.0 cm³/mol. The van der Waals surface area contributed by atoms with E-state index in [2.05, 4.69) is 22.0 Å². The Balaban J connectivity index is 1.67. The second kappa shape index (κ2) is 6.24. The maximum atomic E-state index is 5.52. The predicted octanol–water partition coefficient (Wildman–Crippen LogP) is 1.97. The summed E-state index contributed by atoms with van der Waals surface area (Å²) in [5, 5.41) is 4.04. The van der Waals surface area contributed by atoms with Gasteiger partial charge in [0, 0.05) is 18.7 Å². The van der Waals surface area contributed by atoms with Crippen LogP contribution < -0.4 is 4.74 Å². The SMILES string of the molecule is COc1ccc(-c2noc(CN3CCO[C@@H](C)C3)n2)cc1. The van der Waals surface area contributed by atoms with Crippen LogP contribution in [0.25, 0.3) is 11.4 Å². The van der Waals surface area contributed by atoms with Crippen LogP contribution in [0.3, 0.4) is 0 Å². The summed E-state index contributed by atoms with van der Waals surface area (Å²) in [4.78, 5) is 6.72. The first-order chi connectivity index (χ1) is 10.2. The molecule has 1 atom stereocenters. The lowest BCUT2D eigenvalue weighted by molar-refractivity contribution is -0.0240. The van der Waals surface area contributed by atoms with Crippen LogP contribution in [-0.2, 0) is 11.3 Å². The molecule has 1 aliphatic heterocycles. The van der Waals surface area contributed by atoms with E-state index in [0.717, 1.165) is 31.0 Å². The van der Waals surface area contributed by atoms with Gasteiger partial charge in [0.25, 0.3) is 0 Å². The number of benzene rings is 1. The van der Waals surface area contributed by atoms with Gasteiger partial charge in [0.05, 0.1) is 26.4 Å². The van der Waals surface area contributed by atoms with Crippen molar-refractivity contribution < 1.29 is 14.0 Å². The number of hydrogen-bond acceptors (Lipinski definition) is 6. The first-order valence-electron chi connectivity index (χ1n) is 7.05. The van der Waals surface area contributed by atoms with Gasteiger partial charge in [-0.25, -0.2) is 0 Å². The summed E-state index contributed by atoms with van der Waals surface area (Å²) in [7, 11) is 1.64. The Hall–Kier alpha value is -1.92. The smallest absolute Gasteiger partial charge is 0.241 e. The van der Waals surface area contributed by atoms with E-state index in [9.17, 15) is 0 Å². The van der Waals surface area contributed by atoms with Crippen LogP contribution >= 0.6 is 0 Å². The van der Waals surface area contributed by atoms with Crippen molar-refractivity contribution in [1.29, 1.82) is 0 Å². The quantitative estimate of drug-likeness (QED) is 0.857. The maximum Gasteiger partial charge on any atom is 0.241 e. The summed E-state index contributed by atoms with van der Waals surface area (Å²) < 4.78 is 16.0.